The van der Waals surface area contributed by atoms with Gasteiger partial charge in [-0.1, -0.05) is 30.3 Å². The lowest BCUT2D eigenvalue weighted by Gasteiger charge is -2.31. The number of rotatable bonds is 5. The van der Waals surface area contributed by atoms with Gasteiger partial charge in [0.2, 0.25) is 0 Å². The molecular formula is C25H27N5O3. The smallest absolute Gasteiger partial charge is 0.334 e. The highest BCUT2D eigenvalue weighted by atomic mass is 16.5. The number of aromatic nitrogens is 4. The Labute approximate surface area is 191 Å². The maximum atomic E-state index is 13.1. The quantitative estimate of drug-likeness (QED) is 0.489. The van der Waals surface area contributed by atoms with Crippen molar-refractivity contribution in [1.29, 1.82) is 0 Å². The molecule has 170 valence electrons. The maximum Gasteiger partial charge on any atom is 0.334 e. The van der Waals surface area contributed by atoms with Crippen molar-refractivity contribution in [3.8, 4) is 28.5 Å². The van der Waals surface area contributed by atoms with Crippen molar-refractivity contribution in [3.05, 3.63) is 64.7 Å². The predicted molar refractivity (Wildman–Crippen MR) is 128 cm³/mol. The highest BCUT2D eigenvalue weighted by Gasteiger charge is 2.21. The Morgan fingerprint density at radius 1 is 1.12 bits per heavy atom. The molecule has 0 unspecified atom stereocenters. The number of ether oxygens (including phenoxy) is 1. The van der Waals surface area contributed by atoms with Gasteiger partial charge in [0.1, 0.15) is 17.4 Å². The normalized spacial score (nSPS) is 14.7. The molecule has 3 heterocycles. The number of imidazole rings is 1. The lowest BCUT2D eigenvalue weighted by Crippen LogP contribution is -2.35. The summed E-state index contributed by atoms with van der Waals surface area (Å²) in [6, 6.07) is 15.5. The van der Waals surface area contributed by atoms with Crippen LogP contribution in [0.5, 0.6) is 5.75 Å². The van der Waals surface area contributed by atoms with Gasteiger partial charge in [0.05, 0.1) is 24.0 Å². The molecule has 8 heteroatoms. The number of aliphatic hydroxyl groups excluding tert-OH is 1. The number of H-pyrrole nitrogens is 1. The van der Waals surface area contributed by atoms with Crippen LogP contribution in [0.2, 0.25) is 0 Å². The van der Waals surface area contributed by atoms with Gasteiger partial charge in [0.15, 0.2) is 5.65 Å². The van der Waals surface area contributed by atoms with Gasteiger partial charge in [-0.2, -0.15) is 0 Å². The van der Waals surface area contributed by atoms with Crippen LogP contribution < -0.4 is 15.3 Å². The lowest BCUT2D eigenvalue weighted by atomic mass is 10.1. The number of aromatic amines is 1. The number of aliphatic hydroxyl groups is 1. The van der Waals surface area contributed by atoms with Crippen molar-refractivity contribution in [2.24, 2.45) is 0 Å². The Morgan fingerprint density at radius 3 is 2.61 bits per heavy atom. The summed E-state index contributed by atoms with van der Waals surface area (Å²) in [4.78, 5) is 27.7. The first-order valence-electron chi connectivity index (χ1n) is 11.3. The van der Waals surface area contributed by atoms with Gasteiger partial charge in [-0.05, 0) is 38.8 Å². The van der Waals surface area contributed by atoms with Gasteiger partial charge < -0.3 is 14.7 Å². The third kappa shape index (κ3) is 3.98. The average Bonchev–Trinajstić information content (AvgIpc) is 3.17. The highest BCUT2D eigenvalue weighted by Crippen LogP contribution is 2.33. The number of benzene rings is 2. The molecule has 0 saturated carbocycles. The van der Waals surface area contributed by atoms with Gasteiger partial charge in [0.25, 0.3) is 0 Å². The summed E-state index contributed by atoms with van der Waals surface area (Å²) in [5.41, 5.74) is 3.51. The van der Waals surface area contributed by atoms with Gasteiger partial charge in [0, 0.05) is 30.4 Å². The van der Waals surface area contributed by atoms with Crippen molar-refractivity contribution in [2.75, 3.05) is 24.6 Å². The molecule has 0 atom stereocenters. The van der Waals surface area contributed by atoms with Crippen LogP contribution in [0.15, 0.2) is 53.3 Å². The Kier molecular flexibility index (Phi) is 5.60. The monoisotopic (exact) mass is 445 g/mol. The molecule has 33 heavy (non-hydrogen) atoms. The van der Waals surface area contributed by atoms with Crippen LogP contribution in [0.25, 0.3) is 28.4 Å². The minimum atomic E-state index is -0.300. The topological polar surface area (TPSA) is 95.8 Å². The number of fused-ring (bicyclic) bond motifs is 1. The summed E-state index contributed by atoms with van der Waals surface area (Å²) in [6.07, 6.45) is 1.27. The fraction of sp³-hybridized carbons (Fsp3) is 0.320. The van der Waals surface area contributed by atoms with Crippen molar-refractivity contribution in [2.45, 2.75) is 32.8 Å². The number of nitrogens with one attached hydrogen (secondary N) is 1. The molecule has 1 fully saturated rings. The summed E-state index contributed by atoms with van der Waals surface area (Å²) >= 11 is 0. The summed E-state index contributed by atoms with van der Waals surface area (Å²) in [7, 11) is 0. The third-order valence-electron chi connectivity index (χ3n) is 6.05. The maximum absolute atomic E-state index is 13.1. The van der Waals surface area contributed by atoms with E-state index in [4.69, 9.17) is 9.72 Å². The largest absolute Gasteiger partial charge is 0.493 e. The molecule has 1 aliphatic rings. The van der Waals surface area contributed by atoms with Gasteiger partial charge in [-0.15, -0.1) is 0 Å². The van der Waals surface area contributed by atoms with Crippen LogP contribution in [0, 0.1) is 6.92 Å². The fourth-order valence-electron chi connectivity index (χ4n) is 4.35. The van der Waals surface area contributed by atoms with Crippen LogP contribution in [0.4, 0.5) is 5.69 Å². The number of hydrogen-bond donors (Lipinski definition) is 2. The molecule has 1 saturated heterocycles. The highest BCUT2D eigenvalue weighted by molar-refractivity contribution is 5.71. The minimum absolute atomic E-state index is 0.229. The van der Waals surface area contributed by atoms with Gasteiger partial charge in [-0.25, -0.2) is 19.2 Å². The molecule has 2 aromatic heterocycles. The minimum Gasteiger partial charge on any atom is -0.493 e. The van der Waals surface area contributed by atoms with E-state index in [2.05, 4.69) is 14.9 Å². The summed E-state index contributed by atoms with van der Waals surface area (Å²) < 4.78 is 7.46. The van der Waals surface area contributed by atoms with Crippen LogP contribution in [-0.2, 0) is 0 Å². The van der Waals surface area contributed by atoms with E-state index in [0.717, 1.165) is 42.7 Å². The first kappa shape index (κ1) is 21.2. The van der Waals surface area contributed by atoms with E-state index < -0.39 is 0 Å². The van der Waals surface area contributed by atoms with E-state index in [1.807, 2.05) is 62.4 Å². The van der Waals surface area contributed by atoms with Crippen LogP contribution >= 0.6 is 0 Å². The number of piperidine rings is 1. The van der Waals surface area contributed by atoms with E-state index in [1.54, 1.807) is 0 Å². The van der Waals surface area contributed by atoms with Crippen molar-refractivity contribution < 1.29 is 9.84 Å². The van der Waals surface area contributed by atoms with E-state index in [9.17, 15) is 9.90 Å². The molecular weight excluding hydrogens is 418 g/mol. The number of hydrogen-bond acceptors (Lipinski definition) is 6. The molecule has 0 spiro atoms. The zero-order valence-corrected chi connectivity index (χ0v) is 18.8. The zero-order chi connectivity index (χ0) is 22.9. The molecule has 5 rings (SSSR count). The van der Waals surface area contributed by atoms with E-state index in [0.29, 0.717) is 35.3 Å². The van der Waals surface area contributed by atoms with Gasteiger partial charge in [-0.3, -0.25) is 4.98 Å². The molecule has 0 radical (unpaired) electrons. The molecule has 0 amide bonds. The zero-order valence-electron chi connectivity index (χ0n) is 18.8. The Morgan fingerprint density at radius 2 is 1.88 bits per heavy atom. The number of anilines is 1. The fourth-order valence-corrected chi connectivity index (χ4v) is 4.35. The lowest BCUT2D eigenvalue weighted by molar-refractivity contribution is 0.145. The van der Waals surface area contributed by atoms with Crippen molar-refractivity contribution in [3.63, 3.8) is 0 Å². The van der Waals surface area contributed by atoms with Crippen LogP contribution in [-0.4, -0.2) is 50.3 Å². The predicted octanol–water partition coefficient (Wildman–Crippen LogP) is 3.42. The van der Waals surface area contributed by atoms with Crippen molar-refractivity contribution >= 4 is 11.3 Å². The Bertz CT molecular complexity index is 1340. The molecule has 8 nitrogen and oxygen atoms in total. The Hall–Kier alpha value is -3.65. The third-order valence-corrected chi connectivity index (χ3v) is 6.05. The second-order valence-electron chi connectivity index (χ2n) is 8.27. The van der Waals surface area contributed by atoms with Gasteiger partial charge >= 0.3 is 5.69 Å². The SMILES string of the molecule is CCOc1cc(N2CCC(O)CC2)ccc1-c1nc2c(C)nc(-c3ccccc3)n2c(=O)[nH]1. The standard InChI is InChI=1S/C25H27N5O3/c1-3-33-21-15-18(29-13-11-19(31)12-14-29)9-10-20(21)22-27-23-16(2)26-24(30(23)25(32)28-22)17-7-5-4-6-8-17/h4-10,15,19,31H,3,11-14H2,1-2H3,(H,27,28,32). The number of aryl methyl sites for hydroxylation is 1. The molecule has 0 bridgehead atoms. The second kappa shape index (κ2) is 8.71. The second-order valence-corrected chi connectivity index (χ2v) is 8.27. The molecule has 0 aliphatic carbocycles. The van der Waals surface area contributed by atoms with Crippen LogP contribution in [0.1, 0.15) is 25.5 Å². The Balaban J connectivity index is 1.59. The molecule has 2 aromatic carbocycles. The average molecular weight is 446 g/mol. The summed E-state index contributed by atoms with van der Waals surface area (Å²) in [5.74, 6) is 1.67. The van der Waals surface area contributed by atoms with E-state index >= 15 is 0 Å². The molecule has 2 N–H and O–H groups in total. The van der Waals surface area contributed by atoms with Crippen LogP contribution in [0.3, 0.4) is 0 Å². The first-order chi connectivity index (χ1) is 16.0. The summed E-state index contributed by atoms with van der Waals surface area (Å²) in [5, 5.41) is 9.81. The summed E-state index contributed by atoms with van der Waals surface area (Å²) in [6.45, 7) is 5.87. The molecule has 1 aliphatic heterocycles. The molecule has 4 aromatic rings. The van der Waals surface area contributed by atoms with Crippen molar-refractivity contribution in [1.82, 2.24) is 19.4 Å². The number of nitrogens with zero attached hydrogens (tertiary/aromatic N) is 4. The first-order valence-corrected chi connectivity index (χ1v) is 11.3. The van der Waals surface area contributed by atoms with E-state index in [1.165, 1.54) is 4.40 Å². The van der Waals surface area contributed by atoms with E-state index in [-0.39, 0.29) is 11.8 Å².